The van der Waals surface area contributed by atoms with E-state index in [4.69, 9.17) is 4.74 Å². The maximum Gasteiger partial charge on any atom is 0.143 e. The second kappa shape index (κ2) is 5.89. The zero-order valence-corrected chi connectivity index (χ0v) is 11.4. The second-order valence-electron chi connectivity index (χ2n) is 4.01. The SMILES string of the molecule is CCC(O)(COC)Cc1c(F)ccc(Br)c1F. The van der Waals surface area contributed by atoms with Gasteiger partial charge in [0.05, 0.1) is 16.7 Å². The molecule has 0 aliphatic heterocycles. The van der Waals surface area contributed by atoms with Crippen LogP contribution in [0.25, 0.3) is 0 Å². The van der Waals surface area contributed by atoms with Crippen LogP contribution in [0.1, 0.15) is 18.9 Å². The molecule has 0 radical (unpaired) electrons. The summed E-state index contributed by atoms with van der Waals surface area (Å²) in [4.78, 5) is 0. The summed E-state index contributed by atoms with van der Waals surface area (Å²) in [6, 6.07) is 2.47. The van der Waals surface area contributed by atoms with E-state index in [1.165, 1.54) is 19.2 Å². The molecule has 0 saturated heterocycles. The number of halogens is 3. The molecule has 0 spiro atoms. The maximum absolute atomic E-state index is 13.7. The summed E-state index contributed by atoms with van der Waals surface area (Å²) in [7, 11) is 1.44. The van der Waals surface area contributed by atoms with Crippen LogP contribution in [0.4, 0.5) is 8.78 Å². The van der Waals surface area contributed by atoms with Crippen molar-refractivity contribution in [3.63, 3.8) is 0 Å². The van der Waals surface area contributed by atoms with Crippen molar-refractivity contribution in [3.8, 4) is 0 Å². The van der Waals surface area contributed by atoms with Crippen LogP contribution < -0.4 is 0 Å². The number of hydrogen-bond donors (Lipinski definition) is 1. The summed E-state index contributed by atoms with van der Waals surface area (Å²) < 4.78 is 32.3. The molecule has 0 bridgehead atoms. The smallest absolute Gasteiger partial charge is 0.143 e. The Kier molecular flexibility index (Phi) is 5.04. The Morgan fingerprint density at radius 1 is 1.41 bits per heavy atom. The van der Waals surface area contributed by atoms with Crippen molar-refractivity contribution >= 4 is 15.9 Å². The van der Waals surface area contributed by atoms with Crippen LogP contribution in [-0.2, 0) is 11.2 Å². The Hall–Kier alpha value is -0.520. The second-order valence-corrected chi connectivity index (χ2v) is 4.86. The molecule has 96 valence electrons. The summed E-state index contributed by atoms with van der Waals surface area (Å²) in [5, 5.41) is 10.1. The molecule has 1 aromatic carbocycles. The van der Waals surface area contributed by atoms with Crippen molar-refractivity contribution < 1.29 is 18.6 Å². The topological polar surface area (TPSA) is 29.5 Å². The Morgan fingerprint density at radius 3 is 2.59 bits per heavy atom. The van der Waals surface area contributed by atoms with Gasteiger partial charge in [0.25, 0.3) is 0 Å². The van der Waals surface area contributed by atoms with Crippen LogP contribution in [0.3, 0.4) is 0 Å². The molecule has 17 heavy (non-hydrogen) atoms. The van der Waals surface area contributed by atoms with Gasteiger partial charge in [-0.05, 0) is 34.5 Å². The van der Waals surface area contributed by atoms with Crippen LogP contribution in [0, 0.1) is 11.6 Å². The largest absolute Gasteiger partial charge is 0.387 e. The van der Waals surface area contributed by atoms with Gasteiger partial charge < -0.3 is 9.84 Å². The third kappa shape index (κ3) is 3.47. The van der Waals surface area contributed by atoms with Crippen molar-refractivity contribution in [2.24, 2.45) is 0 Å². The molecule has 0 heterocycles. The lowest BCUT2D eigenvalue weighted by Gasteiger charge is -2.26. The molecule has 5 heteroatoms. The quantitative estimate of drug-likeness (QED) is 0.847. The summed E-state index contributed by atoms with van der Waals surface area (Å²) in [6.45, 7) is 1.78. The predicted octanol–water partition coefficient (Wildman–Crippen LogP) is 3.06. The van der Waals surface area contributed by atoms with E-state index in [0.717, 1.165) is 0 Å². The van der Waals surface area contributed by atoms with Crippen molar-refractivity contribution in [2.45, 2.75) is 25.4 Å². The Bertz CT molecular complexity index is 398. The van der Waals surface area contributed by atoms with Crippen molar-refractivity contribution in [1.29, 1.82) is 0 Å². The van der Waals surface area contributed by atoms with Crippen LogP contribution in [0.15, 0.2) is 16.6 Å². The first-order valence-electron chi connectivity index (χ1n) is 5.27. The molecule has 0 amide bonds. The molecule has 1 N–H and O–H groups in total. The van der Waals surface area contributed by atoms with E-state index >= 15 is 0 Å². The van der Waals surface area contributed by atoms with Gasteiger partial charge >= 0.3 is 0 Å². The monoisotopic (exact) mass is 308 g/mol. The molecular formula is C12H15BrF2O2. The average molecular weight is 309 g/mol. The highest BCUT2D eigenvalue weighted by molar-refractivity contribution is 9.10. The average Bonchev–Trinajstić information content (AvgIpc) is 2.30. The van der Waals surface area contributed by atoms with Gasteiger partial charge in [0.2, 0.25) is 0 Å². The number of aliphatic hydroxyl groups is 1. The highest BCUT2D eigenvalue weighted by Crippen LogP contribution is 2.26. The summed E-state index contributed by atoms with van der Waals surface area (Å²) >= 11 is 2.99. The van der Waals surface area contributed by atoms with E-state index in [1.807, 2.05) is 0 Å². The van der Waals surface area contributed by atoms with E-state index in [0.29, 0.717) is 6.42 Å². The lowest BCUT2D eigenvalue weighted by atomic mass is 9.92. The number of hydrogen-bond acceptors (Lipinski definition) is 2. The zero-order valence-electron chi connectivity index (χ0n) is 9.77. The van der Waals surface area contributed by atoms with Gasteiger partial charge in [0.1, 0.15) is 11.6 Å². The number of methoxy groups -OCH3 is 1. The fourth-order valence-electron chi connectivity index (χ4n) is 1.61. The van der Waals surface area contributed by atoms with Gasteiger partial charge in [0, 0.05) is 19.1 Å². The molecule has 0 fully saturated rings. The van der Waals surface area contributed by atoms with Crippen molar-refractivity contribution in [3.05, 3.63) is 33.8 Å². The highest BCUT2D eigenvalue weighted by Gasteiger charge is 2.28. The molecule has 0 aromatic heterocycles. The molecule has 1 atom stereocenters. The van der Waals surface area contributed by atoms with Gasteiger partial charge in [-0.15, -0.1) is 0 Å². The van der Waals surface area contributed by atoms with Crippen molar-refractivity contribution in [1.82, 2.24) is 0 Å². The third-order valence-electron chi connectivity index (χ3n) is 2.72. The number of rotatable bonds is 5. The molecular weight excluding hydrogens is 294 g/mol. The van der Waals surface area contributed by atoms with E-state index in [1.54, 1.807) is 6.92 Å². The molecule has 0 aliphatic carbocycles. The lowest BCUT2D eigenvalue weighted by molar-refractivity contribution is -0.0343. The van der Waals surface area contributed by atoms with Gasteiger partial charge in [-0.25, -0.2) is 8.78 Å². The molecule has 0 saturated carbocycles. The Morgan fingerprint density at radius 2 is 2.06 bits per heavy atom. The number of ether oxygens (including phenoxy) is 1. The van der Waals surface area contributed by atoms with E-state index in [9.17, 15) is 13.9 Å². The fourth-order valence-corrected chi connectivity index (χ4v) is 1.98. The Labute approximate surface area is 108 Å². The fraction of sp³-hybridized carbons (Fsp3) is 0.500. The summed E-state index contributed by atoms with van der Waals surface area (Å²) in [5.74, 6) is -1.33. The first kappa shape index (κ1) is 14.5. The minimum absolute atomic E-state index is 0.0366. The molecule has 1 rings (SSSR count). The predicted molar refractivity (Wildman–Crippen MR) is 64.9 cm³/mol. The van der Waals surface area contributed by atoms with E-state index in [2.05, 4.69) is 15.9 Å². The minimum Gasteiger partial charge on any atom is -0.387 e. The minimum atomic E-state index is -1.25. The third-order valence-corrected chi connectivity index (χ3v) is 3.33. The van der Waals surface area contributed by atoms with E-state index < -0.39 is 17.2 Å². The van der Waals surface area contributed by atoms with Gasteiger partial charge in [0.15, 0.2) is 0 Å². The highest BCUT2D eigenvalue weighted by atomic mass is 79.9. The normalized spacial score (nSPS) is 14.7. The van der Waals surface area contributed by atoms with Gasteiger partial charge in [-0.3, -0.25) is 0 Å². The molecule has 0 aliphatic rings. The van der Waals surface area contributed by atoms with Crippen molar-refractivity contribution in [2.75, 3.05) is 13.7 Å². The standard InChI is InChI=1S/C12H15BrF2O2/c1-3-12(16,7-17-2)6-8-10(14)5-4-9(13)11(8)15/h4-5,16H,3,6-7H2,1-2H3. The van der Waals surface area contributed by atoms with Crippen LogP contribution >= 0.6 is 15.9 Å². The van der Waals surface area contributed by atoms with Gasteiger partial charge in [-0.2, -0.15) is 0 Å². The van der Waals surface area contributed by atoms with Crippen LogP contribution in [0.2, 0.25) is 0 Å². The molecule has 1 unspecified atom stereocenters. The van der Waals surface area contributed by atoms with E-state index in [-0.39, 0.29) is 23.1 Å². The zero-order chi connectivity index (χ0) is 13.1. The van der Waals surface area contributed by atoms with Crippen LogP contribution in [0.5, 0.6) is 0 Å². The first-order valence-corrected chi connectivity index (χ1v) is 6.06. The number of benzene rings is 1. The first-order chi connectivity index (χ1) is 7.93. The van der Waals surface area contributed by atoms with Gasteiger partial charge in [-0.1, -0.05) is 6.92 Å². The molecule has 2 nitrogen and oxygen atoms in total. The Balaban J connectivity index is 3.05. The summed E-state index contributed by atoms with van der Waals surface area (Å²) in [6.07, 6.45) is 0.237. The van der Waals surface area contributed by atoms with Crippen LogP contribution in [-0.4, -0.2) is 24.4 Å². The molecule has 1 aromatic rings. The maximum atomic E-state index is 13.7. The summed E-state index contributed by atoms with van der Waals surface area (Å²) in [5.41, 5.74) is -1.38. The lowest BCUT2D eigenvalue weighted by Crippen LogP contribution is -2.36.